The molecule has 85 heavy (non-hydrogen) atoms. The Balaban J connectivity index is 0.000000208. The first-order valence-corrected chi connectivity index (χ1v) is 29.8. The normalized spacial score (nSPS) is 16.6. The Bertz CT molecular complexity index is 2670. The molecule has 474 valence electrons. The van der Waals surface area contributed by atoms with Crippen LogP contribution < -0.4 is 69.4 Å². The van der Waals surface area contributed by atoms with Gasteiger partial charge in [-0.3, -0.25) is 14.7 Å². The van der Waals surface area contributed by atoms with Crippen molar-refractivity contribution in [3.8, 4) is 23.0 Å². The largest absolute Gasteiger partial charge is 0.490 e. The number of nitrogen functional groups attached to an aromatic ring is 8. The van der Waals surface area contributed by atoms with Crippen LogP contribution in [0.1, 0.15) is 6.92 Å². The van der Waals surface area contributed by atoms with E-state index in [1.807, 2.05) is 40.0 Å². The van der Waals surface area contributed by atoms with Crippen LogP contribution in [0.25, 0.3) is 0 Å². The number of hydrogen-bond donors (Lipinski definition) is 13. The molecule has 8 rings (SSSR count). The first kappa shape index (κ1) is 69.0. The number of aliphatic hydroxyl groups is 5. The molecule has 3 fully saturated rings. The monoisotopic (exact) mass is 1190 g/mol. The molecular formula is C60H104N16O9+4. The molecule has 3 aliphatic rings. The number of aliphatic hydroxyl groups excluding tert-OH is 5. The van der Waals surface area contributed by atoms with Crippen molar-refractivity contribution in [3.63, 3.8) is 0 Å². The van der Waals surface area contributed by atoms with Crippen LogP contribution in [0.5, 0.6) is 23.0 Å². The highest BCUT2D eigenvalue weighted by Gasteiger charge is 2.33. The SMILES string of the molecule is CC[N+]1(CCO)CCN(CCOc2ccc(N)cc2N)CC1.C[N+]1(CCO)CCN(CCOc2ccc(N)cc2N)CC1.Nc1ccc(OCCN2CC[N+](CCO)(CCO)CC2)c(N)c1.Nc1ccc(OCCn2cc[n+](CCO)c2)c(N)c1. The van der Waals surface area contributed by atoms with Crippen molar-refractivity contribution >= 4 is 45.5 Å². The number of quaternary nitrogens is 3. The number of ether oxygens (including phenoxy) is 4. The lowest BCUT2D eigenvalue weighted by molar-refractivity contribution is -0.932. The molecule has 0 unspecified atom stereocenters. The number of hydrogen-bond acceptors (Lipinski definition) is 20. The smallest absolute Gasteiger partial charge is 0.243 e. The standard InChI is InChI=1S/C16H29N4O3.C16H29N4O2.C15H27N4O2.C13H19N4O2/c17-14-1-2-16(15(18)13-14)23-12-5-19-3-6-20(7-4-19,8-10-21)9-11-22;1-2-20(10-11-21)8-5-19(6-9-20)7-12-22-16-4-3-14(17)13-15(16)18;1-19(9-10-20)7-4-18(5-8-19)6-11-21-15-3-2-13(16)12-14(15)17;14-11-1-2-13(12(15)9-11)19-8-6-17-4-3-16(10-17)5-7-18/h1-2,13,21-22H,3-12,17-18H2;3-4,13,21H,2,5-12,17-18H2,1H3;2-3,12,20H,4-11,16-17H2,1H3;1-4,9-10,18H,5-8,14-15H2/q4*+1. The molecule has 25 heteroatoms. The molecule has 4 aromatic carbocycles. The van der Waals surface area contributed by atoms with Gasteiger partial charge in [-0.15, -0.1) is 0 Å². The Labute approximate surface area is 503 Å². The summed E-state index contributed by atoms with van der Waals surface area (Å²) in [5, 5.41) is 45.6. The minimum Gasteiger partial charge on any atom is -0.490 e. The summed E-state index contributed by atoms with van der Waals surface area (Å²) in [5.74, 6) is 2.71. The molecule has 0 amide bonds. The zero-order valence-electron chi connectivity index (χ0n) is 50.6. The lowest BCUT2D eigenvalue weighted by Crippen LogP contribution is -2.61. The second-order valence-electron chi connectivity index (χ2n) is 22.5. The highest BCUT2D eigenvalue weighted by molar-refractivity contribution is 5.62. The van der Waals surface area contributed by atoms with Gasteiger partial charge >= 0.3 is 0 Å². The Morgan fingerprint density at radius 1 is 0.435 bits per heavy atom. The van der Waals surface area contributed by atoms with Gasteiger partial charge < -0.3 is 104 Å². The van der Waals surface area contributed by atoms with Gasteiger partial charge in [0, 0.05) is 81.7 Å². The lowest BCUT2D eigenvalue weighted by atomic mass is 10.2. The fourth-order valence-electron chi connectivity index (χ4n) is 10.6. The number of rotatable bonds is 27. The van der Waals surface area contributed by atoms with Gasteiger partial charge in [0.1, 0.15) is 101 Å². The second-order valence-corrected chi connectivity index (χ2v) is 22.5. The van der Waals surface area contributed by atoms with Gasteiger partial charge in [-0.05, 0) is 79.7 Å². The van der Waals surface area contributed by atoms with E-state index in [0.717, 1.165) is 131 Å². The van der Waals surface area contributed by atoms with E-state index in [0.29, 0.717) is 121 Å². The summed E-state index contributed by atoms with van der Waals surface area (Å²) < 4.78 is 29.5. The van der Waals surface area contributed by atoms with E-state index in [1.54, 1.807) is 60.7 Å². The maximum Gasteiger partial charge on any atom is 0.243 e. The number of anilines is 8. The highest BCUT2D eigenvalue weighted by Crippen LogP contribution is 2.27. The molecule has 1 aromatic heterocycles. The topological polar surface area (TPSA) is 365 Å². The van der Waals surface area contributed by atoms with Gasteiger partial charge in [-0.2, -0.15) is 0 Å². The van der Waals surface area contributed by atoms with E-state index in [2.05, 4.69) is 28.7 Å². The molecule has 0 spiro atoms. The van der Waals surface area contributed by atoms with Crippen molar-refractivity contribution in [2.75, 3.05) is 243 Å². The summed E-state index contributed by atoms with van der Waals surface area (Å²) in [6.07, 6.45) is 5.77. The van der Waals surface area contributed by atoms with Gasteiger partial charge in [0.25, 0.3) is 0 Å². The van der Waals surface area contributed by atoms with Gasteiger partial charge in [-0.1, -0.05) is 0 Å². The number of nitrogens with zero attached hydrogens (tertiary/aromatic N) is 8. The molecule has 0 atom stereocenters. The van der Waals surface area contributed by atoms with Crippen molar-refractivity contribution in [1.29, 1.82) is 0 Å². The maximum atomic E-state index is 9.24. The predicted octanol–water partition coefficient (Wildman–Crippen LogP) is -0.283. The summed E-state index contributed by atoms with van der Waals surface area (Å²) in [4.78, 5) is 7.15. The van der Waals surface area contributed by atoms with E-state index in [1.165, 1.54) is 0 Å². The molecule has 5 aromatic rings. The first-order valence-electron chi connectivity index (χ1n) is 29.8. The lowest BCUT2D eigenvalue weighted by Gasteiger charge is -2.44. The van der Waals surface area contributed by atoms with Gasteiger partial charge in [0.15, 0.2) is 0 Å². The van der Waals surface area contributed by atoms with Crippen LogP contribution in [-0.4, -0.2) is 256 Å². The number of piperazine rings is 3. The molecule has 0 radical (unpaired) electrons. The quantitative estimate of drug-likeness (QED) is 0.0183. The van der Waals surface area contributed by atoms with Crippen LogP contribution in [0.2, 0.25) is 0 Å². The Hall–Kier alpha value is -6.75. The van der Waals surface area contributed by atoms with E-state index >= 15 is 0 Å². The second kappa shape index (κ2) is 35.6. The third-order valence-electron chi connectivity index (χ3n) is 16.4. The molecular weight excluding hydrogens is 1090 g/mol. The van der Waals surface area contributed by atoms with Crippen molar-refractivity contribution < 1.29 is 62.5 Å². The predicted molar refractivity (Wildman–Crippen MR) is 338 cm³/mol. The number of benzene rings is 4. The Morgan fingerprint density at radius 2 is 0.765 bits per heavy atom. The minimum atomic E-state index is 0.132. The van der Waals surface area contributed by atoms with Crippen LogP contribution in [0.4, 0.5) is 45.5 Å². The van der Waals surface area contributed by atoms with Crippen LogP contribution in [-0.2, 0) is 13.1 Å². The average Bonchev–Trinajstić information content (AvgIpc) is 4.04. The molecule has 21 N–H and O–H groups in total. The zero-order valence-corrected chi connectivity index (χ0v) is 50.6. The summed E-state index contributed by atoms with van der Waals surface area (Å²) in [7, 11) is 2.21. The maximum absolute atomic E-state index is 9.24. The molecule has 0 bridgehead atoms. The third kappa shape index (κ3) is 23.6. The Kier molecular flexibility index (Phi) is 28.9. The van der Waals surface area contributed by atoms with Crippen LogP contribution in [0.3, 0.4) is 0 Å². The van der Waals surface area contributed by atoms with Crippen molar-refractivity contribution in [3.05, 3.63) is 91.5 Å². The fourth-order valence-corrected chi connectivity index (χ4v) is 10.6. The van der Waals surface area contributed by atoms with E-state index in [4.69, 9.17) is 75.0 Å². The summed E-state index contributed by atoms with van der Waals surface area (Å²) >= 11 is 0. The molecule has 0 aliphatic carbocycles. The first-order chi connectivity index (χ1) is 40.9. The summed E-state index contributed by atoms with van der Waals surface area (Å²) in [5.41, 5.74) is 50.9. The molecule has 3 aliphatic heterocycles. The third-order valence-corrected chi connectivity index (χ3v) is 16.4. The van der Waals surface area contributed by atoms with Crippen LogP contribution >= 0.6 is 0 Å². The highest BCUT2D eigenvalue weighted by atomic mass is 16.5. The van der Waals surface area contributed by atoms with Crippen molar-refractivity contribution in [1.82, 2.24) is 19.3 Å². The number of imidazole rings is 1. The van der Waals surface area contributed by atoms with Crippen molar-refractivity contribution in [2.45, 2.75) is 20.0 Å². The van der Waals surface area contributed by atoms with Crippen LogP contribution in [0.15, 0.2) is 91.5 Å². The average molecular weight is 1190 g/mol. The summed E-state index contributed by atoms with van der Waals surface area (Å²) in [6.45, 7) is 26.0. The minimum absolute atomic E-state index is 0.132. The number of likely N-dealkylation sites (N-methyl/N-ethyl adjacent to an activating group) is 2. The number of aromatic nitrogens is 2. The van der Waals surface area contributed by atoms with Gasteiger partial charge in [-0.25, -0.2) is 9.13 Å². The zero-order chi connectivity index (χ0) is 61.7. The Morgan fingerprint density at radius 3 is 1.09 bits per heavy atom. The van der Waals surface area contributed by atoms with Gasteiger partial charge in [0.05, 0.1) is 109 Å². The molecule has 0 saturated carbocycles. The van der Waals surface area contributed by atoms with Crippen LogP contribution in [0, 0.1) is 0 Å². The summed E-state index contributed by atoms with van der Waals surface area (Å²) in [6, 6.07) is 21.2. The number of nitrogens with two attached hydrogens (primary N) is 8. The van der Waals surface area contributed by atoms with E-state index in [-0.39, 0.29) is 33.0 Å². The van der Waals surface area contributed by atoms with E-state index < -0.39 is 0 Å². The van der Waals surface area contributed by atoms with Gasteiger partial charge in [0.2, 0.25) is 6.33 Å². The van der Waals surface area contributed by atoms with Crippen molar-refractivity contribution in [2.24, 2.45) is 0 Å². The van der Waals surface area contributed by atoms with E-state index in [9.17, 15) is 15.3 Å². The molecule has 4 heterocycles. The fraction of sp³-hybridized carbons (Fsp3) is 0.550. The molecule has 25 nitrogen and oxygen atoms in total. The molecule has 3 saturated heterocycles.